The van der Waals surface area contributed by atoms with Gasteiger partial charge in [0, 0.05) is 33.8 Å². The summed E-state index contributed by atoms with van der Waals surface area (Å²) in [5.74, 6) is 0.279. The summed E-state index contributed by atoms with van der Waals surface area (Å²) in [7, 11) is -1.21. The Morgan fingerprint density at radius 2 is 1.69 bits per heavy atom. The van der Waals surface area contributed by atoms with Crippen molar-refractivity contribution >= 4 is 22.4 Å². The second kappa shape index (κ2) is 7.22. The van der Waals surface area contributed by atoms with Gasteiger partial charge in [-0.2, -0.15) is 0 Å². The number of carbonyl (C=O) groups excluding carboxylic acids is 1. The summed E-state index contributed by atoms with van der Waals surface area (Å²) in [5, 5.41) is 2.95. The fourth-order valence-corrected chi connectivity index (χ4v) is 4.09. The van der Waals surface area contributed by atoms with Crippen LogP contribution in [-0.2, 0) is 15.6 Å². The lowest BCUT2D eigenvalue weighted by atomic mass is 10.1. The molecule has 4 rings (SSSR count). The molecule has 1 aromatic heterocycles. The van der Waals surface area contributed by atoms with Crippen LogP contribution in [0.25, 0.3) is 0 Å². The third-order valence-corrected chi connectivity index (χ3v) is 5.93. The van der Waals surface area contributed by atoms with Gasteiger partial charge < -0.3 is 5.32 Å². The van der Waals surface area contributed by atoms with Crippen LogP contribution in [0.15, 0.2) is 88.9 Å². The number of carbonyl (C=O) groups is 1. The smallest absolute Gasteiger partial charge is 0.228 e. The Labute approximate surface area is 154 Å². The highest BCUT2D eigenvalue weighted by molar-refractivity contribution is 7.85. The first-order valence-corrected chi connectivity index (χ1v) is 9.65. The lowest BCUT2D eigenvalue weighted by Gasteiger charge is -2.07. The molecule has 0 aliphatic heterocycles. The van der Waals surface area contributed by atoms with Gasteiger partial charge in [-0.1, -0.05) is 24.3 Å². The molecule has 1 saturated carbocycles. The maximum absolute atomic E-state index is 12.5. The number of nitrogens with one attached hydrogen (secondary N) is 1. The average Bonchev–Trinajstić information content (AvgIpc) is 3.50. The Morgan fingerprint density at radius 1 is 0.962 bits per heavy atom. The molecule has 26 heavy (non-hydrogen) atoms. The molecular weight excluding hydrogens is 344 g/mol. The SMILES string of the molecule is O=C(Nc1ccc(S(=O)c2ccccc2)cc1)C1CC1c1cccnc1. The number of anilines is 1. The summed E-state index contributed by atoms with van der Waals surface area (Å²) in [4.78, 5) is 18.0. The van der Waals surface area contributed by atoms with Crippen LogP contribution >= 0.6 is 0 Å². The molecule has 3 aromatic rings. The molecule has 1 aliphatic carbocycles. The molecule has 4 nitrogen and oxygen atoms in total. The van der Waals surface area contributed by atoms with Gasteiger partial charge in [0.25, 0.3) is 0 Å². The van der Waals surface area contributed by atoms with Gasteiger partial charge >= 0.3 is 0 Å². The van der Waals surface area contributed by atoms with E-state index in [4.69, 9.17) is 0 Å². The third kappa shape index (κ3) is 3.58. The Hall–Kier alpha value is -2.79. The Bertz CT molecular complexity index is 927. The van der Waals surface area contributed by atoms with Crippen LogP contribution in [0.1, 0.15) is 17.9 Å². The first-order chi connectivity index (χ1) is 12.7. The number of hydrogen-bond donors (Lipinski definition) is 1. The zero-order chi connectivity index (χ0) is 17.9. The molecule has 1 heterocycles. The molecule has 5 heteroatoms. The highest BCUT2D eigenvalue weighted by Gasteiger charge is 2.44. The number of pyridine rings is 1. The van der Waals surface area contributed by atoms with Crippen LogP contribution < -0.4 is 5.32 Å². The highest BCUT2D eigenvalue weighted by atomic mass is 32.2. The van der Waals surface area contributed by atoms with E-state index in [1.165, 1.54) is 0 Å². The van der Waals surface area contributed by atoms with E-state index in [2.05, 4.69) is 10.3 Å². The van der Waals surface area contributed by atoms with Gasteiger partial charge in [-0.25, -0.2) is 4.21 Å². The number of benzene rings is 2. The number of amides is 1. The molecule has 0 bridgehead atoms. The topological polar surface area (TPSA) is 59.1 Å². The minimum absolute atomic E-state index is 0.00247. The monoisotopic (exact) mass is 362 g/mol. The summed E-state index contributed by atoms with van der Waals surface area (Å²) in [6.45, 7) is 0. The average molecular weight is 362 g/mol. The fraction of sp³-hybridized carbons (Fsp3) is 0.143. The van der Waals surface area contributed by atoms with Crippen molar-refractivity contribution < 1.29 is 9.00 Å². The van der Waals surface area contributed by atoms with Gasteiger partial charge in [-0.3, -0.25) is 9.78 Å². The molecule has 2 aromatic carbocycles. The van der Waals surface area contributed by atoms with Gasteiger partial charge in [0.1, 0.15) is 0 Å². The van der Waals surface area contributed by atoms with Crippen molar-refractivity contribution in [1.82, 2.24) is 4.98 Å². The second-order valence-electron chi connectivity index (χ2n) is 6.33. The molecular formula is C21H18N2O2S. The summed E-state index contributed by atoms with van der Waals surface area (Å²) < 4.78 is 12.5. The molecule has 0 radical (unpaired) electrons. The van der Waals surface area contributed by atoms with E-state index < -0.39 is 10.8 Å². The van der Waals surface area contributed by atoms with Crippen molar-refractivity contribution in [3.05, 3.63) is 84.7 Å². The highest BCUT2D eigenvalue weighted by Crippen LogP contribution is 2.47. The van der Waals surface area contributed by atoms with E-state index in [-0.39, 0.29) is 17.7 Å². The van der Waals surface area contributed by atoms with Gasteiger partial charge in [-0.05, 0) is 60.4 Å². The molecule has 1 aliphatic rings. The molecule has 0 spiro atoms. The maximum atomic E-state index is 12.5. The van der Waals surface area contributed by atoms with E-state index in [9.17, 15) is 9.00 Å². The largest absolute Gasteiger partial charge is 0.326 e. The first kappa shape index (κ1) is 16.7. The van der Waals surface area contributed by atoms with E-state index in [0.29, 0.717) is 4.90 Å². The standard InChI is InChI=1S/C21H18N2O2S/c24-21(20-13-19(20)15-5-4-12-22-14-15)23-16-8-10-18(11-9-16)26(25)17-6-2-1-3-7-17/h1-12,14,19-20H,13H2,(H,23,24). The zero-order valence-electron chi connectivity index (χ0n) is 14.0. The van der Waals surface area contributed by atoms with Crippen LogP contribution in [0.4, 0.5) is 5.69 Å². The lowest BCUT2D eigenvalue weighted by molar-refractivity contribution is -0.117. The van der Waals surface area contributed by atoms with Crippen LogP contribution in [0.2, 0.25) is 0 Å². The summed E-state index contributed by atoms with van der Waals surface area (Å²) >= 11 is 0. The van der Waals surface area contributed by atoms with Crippen molar-refractivity contribution in [2.24, 2.45) is 5.92 Å². The van der Waals surface area contributed by atoms with Crippen molar-refractivity contribution in [3.8, 4) is 0 Å². The normalized spacial score (nSPS) is 19.5. The number of hydrogen-bond acceptors (Lipinski definition) is 3. The predicted octanol–water partition coefficient (Wildman–Crippen LogP) is 3.99. The van der Waals surface area contributed by atoms with Gasteiger partial charge in [0.05, 0.1) is 10.8 Å². The van der Waals surface area contributed by atoms with Crippen LogP contribution in [-0.4, -0.2) is 15.1 Å². The molecule has 1 amide bonds. The van der Waals surface area contributed by atoms with Crippen LogP contribution in [0.3, 0.4) is 0 Å². The van der Waals surface area contributed by atoms with Crippen molar-refractivity contribution in [2.75, 3.05) is 5.32 Å². The number of aromatic nitrogens is 1. The van der Waals surface area contributed by atoms with Crippen molar-refractivity contribution in [3.63, 3.8) is 0 Å². The lowest BCUT2D eigenvalue weighted by Crippen LogP contribution is -2.14. The van der Waals surface area contributed by atoms with Crippen molar-refractivity contribution in [2.45, 2.75) is 22.1 Å². The molecule has 0 saturated heterocycles. The molecule has 1 N–H and O–H groups in total. The van der Waals surface area contributed by atoms with Gasteiger partial charge in [0.2, 0.25) is 5.91 Å². The van der Waals surface area contributed by atoms with E-state index in [0.717, 1.165) is 22.6 Å². The number of rotatable bonds is 5. The minimum atomic E-state index is -1.21. The Kier molecular flexibility index (Phi) is 4.63. The van der Waals surface area contributed by atoms with E-state index in [1.54, 1.807) is 30.5 Å². The van der Waals surface area contributed by atoms with Gasteiger partial charge in [-0.15, -0.1) is 0 Å². The molecule has 1 fully saturated rings. The first-order valence-electron chi connectivity index (χ1n) is 8.50. The van der Waals surface area contributed by atoms with E-state index in [1.807, 2.05) is 48.7 Å². The van der Waals surface area contributed by atoms with Crippen molar-refractivity contribution in [1.29, 1.82) is 0 Å². The molecule has 130 valence electrons. The van der Waals surface area contributed by atoms with Crippen LogP contribution in [0, 0.1) is 5.92 Å². The van der Waals surface area contributed by atoms with Gasteiger partial charge in [0.15, 0.2) is 0 Å². The minimum Gasteiger partial charge on any atom is -0.326 e. The maximum Gasteiger partial charge on any atom is 0.228 e. The number of nitrogens with zero attached hydrogens (tertiary/aromatic N) is 1. The quantitative estimate of drug-likeness (QED) is 0.746. The second-order valence-corrected chi connectivity index (χ2v) is 7.81. The molecule has 3 atom stereocenters. The summed E-state index contributed by atoms with van der Waals surface area (Å²) in [6, 6.07) is 20.4. The zero-order valence-corrected chi connectivity index (χ0v) is 14.9. The Morgan fingerprint density at radius 3 is 2.38 bits per heavy atom. The molecule has 3 unspecified atom stereocenters. The van der Waals surface area contributed by atoms with E-state index >= 15 is 0 Å². The van der Waals surface area contributed by atoms with Crippen LogP contribution in [0.5, 0.6) is 0 Å². The summed E-state index contributed by atoms with van der Waals surface area (Å²) in [5.41, 5.74) is 1.84. The third-order valence-electron chi connectivity index (χ3n) is 4.53. The summed E-state index contributed by atoms with van der Waals surface area (Å²) in [6.07, 6.45) is 4.42. The predicted molar refractivity (Wildman–Crippen MR) is 101 cm³/mol. The Balaban J connectivity index is 1.39. The fourth-order valence-electron chi connectivity index (χ4n) is 3.03.